The highest BCUT2D eigenvalue weighted by atomic mass is 16.5. The van der Waals surface area contributed by atoms with E-state index in [0.29, 0.717) is 0 Å². The van der Waals surface area contributed by atoms with Crippen molar-refractivity contribution in [2.24, 2.45) is 5.41 Å². The molecule has 1 heterocycles. The predicted molar refractivity (Wildman–Crippen MR) is 67.0 cm³/mol. The fourth-order valence-corrected chi connectivity index (χ4v) is 3.30. The summed E-state index contributed by atoms with van der Waals surface area (Å²) < 4.78 is 5.60. The molecule has 0 radical (unpaired) electrons. The van der Waals surface area contributed by atoms with Crippen LogP contribution in [0.1, 0.15) is 47.8 Å². The van der Waals surface area contributed by atoms with Crippen molar-refractivity contribution in [3.05, 3.63) is 33.9 Å². The van der Waals surface area contributed by atoms with Gasteiger partial charge in [-0.25, -0.2) is 0 Å². The maximum Gasteiger partial charge on any atom is 0.0846 e. The molecular formula is C15H20O2. The molecule has 2 heteroatoms. The van der Waals surface area contributed by atoms with E-state index in [0.717, 1.165) is 31.6 Å². The zero-order chi connectivity index (χ0) is 12.2. The zero-order valence-corrected chi connectivity index (χ0v) is 10.8. The molecule has 0 amide bonds. The van der Waals surface area contributed by atoms with Crippen LogP contribution in [0.3, 0.4) is 0 Å². The summed E-state index contributed by atoms with van der Waals surface area (Å²) in [6, 6.07) is 2.19. The third-order valence-corrected chi connectivity index (χ3v) is 4.34. The molecule has 1 aromatic carbocycles. The molecule has 1 atom stereocenters. The number of benzene rings is 1. The molecule has 0 fully saturated rings. The Morgan fingerprint density at radius 2 is 2.06 bits per heavy atom. The van der Waals surface area contributed by atoms with Crippen molar-refractivity contribution in [1.29, 1.82) is 0 Å². The Morgan fingerprint density at radius 1 is 1.29 bits per heavy atom. The first kappa shape index (κ1) is 11.2. The van der Waals surface area contributed by atoms with Gasteiger partial charge in [0.1, 0.15) is 0 Å². The van der Waals surface area contributed by atoms with Gasteiger partial charge in [-0.1, -0.05) is 19.9 Å². The Morgan fingerprint density at radius 3 is 2.82 bits per heavy atom. The standard InChI is InChI=1S/C15H20O2/c1-9-6-11-12(7-15(2,3)14(11)16)13-8-17-5-4-10(9)13/h6,14,16H,4-5,7-8H2,1-3H3/t14-/m1/s1. The third-order valence-electron chi connectivity index (χ3n) is 4.34. The summed E-state index contributed by atoms with van der Waals surface area (Å²) in [5.74, 6) is 0. The van der Waals surface area contributed by atoms with Crippen molar-refractivity contribution >= 4 is 0 Å². The largest absolute Gasteiger partial charge is 0.388 e. The van der Waals surface area contributed by atoms with Gasteiger partial charge in [0.15, 0.2) is 0 Å². The second-order valence-corrected chi connectivity index (χ2v) is 6.09. The molecule has 17 heavy (non-hydrogen) atoms. The molecule has 92 valence electrons. The van der Waals surface area contributed by atoms with Gasteiger partial charge in [-0.15, -0.1) is 0 Å². The van der Waals surface area contributed by atoms with Crippen molar-refractivity contribution in [2.45, 2.75) is 46.3 Å². The maximum absolute atomic E-state index is 10.4. The van der Waals surface area contributed by atoms with E-state index in [1.54, 1.807) is 0 Å². The Balaban J connectivity index is 2.20. The molecule has 0 aromatic heterocycles. The minimum Gasteiger partial charge on any atom is -0.388 e. The number of aliphatic hydroxyl groups excluding tert-OH is 1. The first-order valence-electron chi connectivity index (χ1n) is 6.40. The average Bonchev–Trinajstić information content (AvgIpc) is 2.53. The fourth-order valence-electron chi connectivity index (χ4n) is 3.30. The van der Waals surface area contributed by atoms with Gasteiger partial charge in [0, 0.05) is 0 Å². The van der Waals surface area contributed by atoms with Crippen LogP contribution in [0.2, 0.25) is 0 Å². The molecule has 0 spiro atoms. The van der Waals surface area contributed by atoms with E-state index in [4.69, 9.17) is 4.74 Å². The minimum atomic E-state index is -0.330. The Labute approximate surface area is 103 Å². The average molecular weight is 232 g/mol. The first-order chi connectivity index (χ1) is 8.00. The number of aliphatic hydroxyl groups is 1. The molecule has 1 N–H and O–H groups in total. The molecule has 3 rings (SSSR count). The van der Waals surface area contributed by atoms with Crippen LogP contribution in [-0.2, 0) is 24.2 Å². The topological polar surface area (TPSA) is 29.5 Å². The summed E-state index contributed by atoms with van der Waals surface area (Å²) >= 11 is 0. The number of rotatable bonds is 0. The number of hydrogen-bond acceptors (Lipinski definition) is 2. The number of aryl methyl sites for hydroxylation is 1. The van der Waals surface area contributed by atoms with Gasteiger partial charge >= 0.3 is 0 Å². The van der Waals surface area contributed by atoms with Crippen molar-refractivity contribution in [3.63, 3.8) is 0 Å². The lowest BCUT2D eigenvalue weighted by atomic mass is 9.87. The van der Waals surface area contributed by atoms with E-state index in [1.165, 1.54) is 22.3 Å². The normalized spacial score (nSPS) is 25.5. The van der Waals surface area contributed by atoms with Crippen LogP contribution in [0, 0.1) is 12.3 Å². The Bertz CT molecular complexity index is 474. The second-order valence-electron chi connectivity index (χ2n) is 6.09. The number of hydrogen-bond donors (Lipinski definition) is 1. The van der Waals surface area contributed by atoms with Crippen LogP contribution in [0.25, 0.3) is 0 Å². The van der Waals surface area contributed by atoms with Crippen LogP contribution in [0.4, 0.5) is 0 Å². The lowest BCUT2D eigenvalue weighted by Crippen LogP contribution is -2.17. The Kier molecular flexibility index (Phi) is 2.36. The van der Waals surface area contributed by atoms with Crippen molar-refractivity contribution in [3.8, 4) is 0 Å². The van der Waals surface area contributed by atoms with Crippen LogP contribution < -0.4 is 0 Å². The maximum atomic E-state index is 10.4. The molecule has 2 nitrogen and oxygen atoms in total. The van der Waals surface area contributed by atoms with Crippen molar-refractivity contribution in [2.75, 3.05) is 6.61 Å². The van der Waals surface area contributed by atoms with E-state index in [2.05, 4.69) is 26.8 Å². The van der Waals surface area contributed by atoms with E-state index in [-0.39, 0.29) is 11.5 Å². The summed E-state index contributed by atoms with van der Waals surface area (Å²) in [6.45, 7) is 8.00. The van der Waals surface area contributed by atoms with E-state index in [9.17, 15) is 5.11 Å². The van der Waals surface area contributed by atoms with E-state index in [1.807, 2.05) is 0 Å². The monoisotopic (exact) mass is 232 g/mol. The van der Waals surface area contributed by atoms with E-state index < -0.39 is 0 Å². The highest BCUT2D eigenvalue weighted by molar-refractivity contribution is 5.50. The van der Waals surface area contributed by atoms with Gasteiger partial charge in [-0.2, -0.15) is 0 Å². The molecule has 2 aliphatic rings. The SMILES string of the molecule is Cc1cc2c(c3c1CCOC3)CC(C)(C)[C@@H]2O. The van der Waals surface area contributed by atoms with Gasteiger partial charge < -0.3 is 9.84 Å². The highest BCUT2D eigenvalue weighted by Gasteiger charge is 2.40. The van der Waals surface area contributed by atoms with Crippen LogP contribution in [0.5, 0.6) is 0 Å². The fraction of sp³-hybridized carbons (Fsp3) is 0.600. The van der Waals surface area contributed by atoms with Gasteiger partial charge in [0.2, 0.25) is 0 Å². The molecule has 1 aliphatic carbocycles. The molecule has 0 saturated heterocycles. The molecular weight excluding hydrogens is 212 g/mol. The lowest BCUT2D eigenvalue weighted by molar-refractivity contribution is 0.0665. The van der Waals surface area contributed by atoms with Crippen LogP contribution >= 0.6 is 0 Å². The summed E-state index contributed by atoms with van der Waals surface area (Å²) in [5.41, 5.74) is 6.58. The van der Waals surface area contributed by atoms with Crippen molar-refractivity contribution in [1.82, 2.24) is 0 Å². The summed E-state index contributed by atoms with van der Waals surface area (Å²) in [5, 5.41) is 10.4. The van der Waals surface area contributed by atoms with Gasteiger partial charge in [-0.3, -0.25) is 0 Å². The second kappa shape index (κ2) is 3.56. The quantitative estimate of drug-likeness (QED) is 0.745. The van der Waals surface area contributed by atoms with Gasteiger partial charge in [0.05, 0.1) is 19.3 Å². The molecule has 0 saturated carbocycles. The van der Waals surface area contributed by atoms with Gasteiger partial charge in [-0.05, 0) is 53.0 Å². The summed E-state index contributed by atoms with van der Waals surface area (Å²) in [4.78, 5) is 0. The van der Waals surface area contributed by atoms with Gasteiger partial charge in [0.25, 0.3) is 0 Å². The Hall–Kier alpha value is -0.860. The van der Waals surface area contributed by atoms with E-state index >= 15 is 0 Å². The molecule has 1 aromatic rings. The van der Waals surface area contributed by atoms with Crippen molar-refractivity contribution < 1.29 is 9.84 Å². The number of fused-ring (bicyclic) bond motifs is 3. The minimum absolute atomic E-state index is 0.0403. The first-order valence-corrected chi connectivity index (χ1v) is 6.40. The number of ether oxygens (including phenoxy) is 1. The molecule has 1 aliphatic heterocycles. The summed E-state index contributed by atoms with van der Waals surface area (Å²) in [6.07, 6.45) is 1.66. The highest BCUT2D eigenvalue weighted by Crippen LogP contribution is 2.48. The molecule has 0 bridgehead atoms. The van der Waals surface area contributed by atoms with Crippen LogP contribution in [-0.4, -0.2) is 11.7 Å². The smallest absolute Gasteiger partial charge is 0.0846 e. The summed E-state index contributed by atoms with van der Waals surface area (Å²) in [7, 11) is 0. The molecule has 0 unspecified atom stereocenters. The lowest BCUT2D eigenvalue weighted by Gasteiger charge is -2.22. The third kappa shape index (κ3) is 1.54. The predicted octanol–water partition coefficient (Wildman–Crippen LogP) is 2.68. The zero-order valence-electron chi connectivity index (χ0n) is 10.8. The van der Waals surface area contributed by atoms with Crippen LogP contribution in [0.15, 0.2) is 6.07 Å².